The number of aromatic amines is 1. The van der Waals surface area contributed by atoms with E-state index in [1.54, 1.807) is 18.3 Å². The van der Waals surface area contributed by atoms with Crippen LogP contribution in [0, 0.1) is 6.92 Å². The highest BCUT2D eigenvalue weighted by Crippen LogP contribution is 2.02. The van der Waals surface area contributed by atoms with Crippen molar-refractivity contribution in [2.24, 2.45) is 0 Å². The summed E-state index contributed by atoms with van der Waals surface area (Å²) in [7, 11) is 0. The molecule has 2 aromatic rings. The van der Waals surface area contributed by atoms with Gasteiger partial charge in [0.05, 0.1) is 5.56 Å². The van der Waals surface area contributed by atoms with Gasteiger partial charge in [-0.2, -0.15) is 5.10 Å². The number of pyridine rings is 1. The number of hydrogen-bond acceptors (Lipinski definition) is 4. The van der Waals surface area contributed by atoms with Gasteiger partial charge in [0.2, 0.25) is 0 Å². The van der Waals surface area contributed by atoms with E-state index >= 15 is 0 Å². The minimum atomic E-state index is -0.116. The summed E-state index contributed by atoms with van der Waals surface area (Å²) in [5.41, 5.74) is 1.33. The smallest absolute Gasteiger partial charge is 0.253 e. The lowest BCUT2D eigenvalue weighted by atomic mass is 10.2. The second-order valence-electron chi connectivity index (χ2n) is 3.57. The topological polar surface area (TPSA) is 83.6 Å². The van der Waals surface area contributed by atoms with Crippen molar-refractivity contribution in [1.82, 2.24) is 25.5 Å². The van der Waals surface area contributed by atoms with Crippen LogP contribution in [0.25, 0.3) is 0 Å². The molecule has 88 valence electrons. The Morgan fingerprint density at radius 3 is 3.06 bits per heavy atom. The Bertz CT molecular complexity index is 494. The minimum absolute atomic E-state index is 0.116. The lowest BCUT2D eigenvalue weighted by molar-refractivity contribution is 0.0953. The fraction of sp³-hybridized carbons (Fsp3) is 0.273. The quantitative estimate of drug-likeness (QED) is 0.801. The van der Waals surface area contributed by atoms with Crippen LogP contribution in [0.3, 0.4) is 0 Å². The van der Waals surface area contributed by atoms with Crippen LogP contribution in [0.1, 0.15) is 21.9 Å². The number of aromatic nitrogens is 4. The number of hydrogen-bond donors (Lipinski definition) is 2. The molecule has 1 amide bonds. The van der Waals surface area contributed by atoms with E-state index in [1.807, 2.05) is 6.92 Å². The molecular formula is C11H13N5O. The van der Waals surface area contributed by atoms with Crippen molar-refractivity contribution in [2.75, 3.05) is 6.54 Å². The minimum Gasteiger partial charge on any atom is -0.352 e. The standard InChI is InChI=1S/C11H13N5O/c1-8-9(3-2-5-12-8)11(17)13-6-4-10-14-7-15-16-10/h2-3,5,7H,4,6H2,1H3,(H,13,17)(H,14,15,16). The Kier molecular flexibility index (Phi) is 3.44. The molecule has 0 saturated carbocycles. The van der Waals surface area contributed by atoms with Crippen LogP contribution in [-0.4, -0.2) is 32.6 Å². The van der Waals surface area contributed by atoms with E-state index in [0.717, 1.165) is 11.5 Å². The number of H-pyrrole nitrogens is 1. The summed E-state index contributed by atoms with van der Waals surface area (Å²) < 4.78 is 0. The van der Waals surface area contributed by atoms with E-state index in [1.165, 1.54) is 6.33 Å². The fourth-order valence-corrected chi connectivity index (χ4v) is 1.47. The maximum absolute atomic E-state index is 11.8. The second-order valence-corrected chi connectivity index (χ2v) is 3.57. The number of rotatable bonds is 4. The summed E-state index contributed by atoms with van der Waals surface area (Å²) in [5, 5.41) is 9.28. The zero-order valence-corrected chi connectivity index (χ0v) is 9.47. The first-order valence-electron chi connectivity index (χ1n) is 5.31. The number of carbonyl (C=O) groups is 1. The molecule has 17 heavy (non-hydrogen) atoms. The van der Waals surface area contributed by atoms with E-state index in [9.17, 15) is 4.79 Å². The van der Waals surface area contributed by atoms with Crippen LogP contribution in [0.5, 0.6) is 0 Å². The molecule has 2 heterocycles. The summed E-state index contributed by atoms with van der Waals surface area (Å²) in [6.07, 6.45) is 3.74. The third kappa shape index (κ3) is 2.87. The Balaban J connectivity index is 1.88. The normalized spacial score (nSPS) is 10.2. The maximum Gasteiger partial charge on any atom is 0.253 e. The van der Waals surface area contributed by atoms with E-state index in [2.05, 4.69) is 25.5 Å². The summed E-state index contributed by atoms with van der Waals surface area (Å²) in [6.45, 7) is 2.33. The third-order valence-corrected chi connectivity index (χ3v) is 2.36. The third-order valence-electron chi connectivity index (χ3n) is 2.36. The summed E-state index contributed by atoms with van der Waals surface area (Å²) >= 11 is 0. The van der Waals surface area contributed by atoms with Crippen molar-refractivity contribution < 1.29 is 4.79 Å². The van der Waals surface area contributed by atoms with E-state index in [0.29, 0.717) is 18.5 Å². The number of nitrogens with zero attached hydrogens (tertiary/aromatic N) is 3. The molecule has 0 bridgehead atoms. The second kappa shape index (κ2) is 5.20. The molecule has 0 unspecified atom stereocenters. The highest BCUT2D eigenvalue weighted by Gasteiger charge is 2.08. The lowest BCUT2D eigenvalue weighted by Crippen LogP contribution is -2.26. The van der Waals surface area contributed by atoms with E-state index < -0.39 is 0 Å². The van der Waals surface area contributed by atoms with Gasteiger partial charge in [-0.1, -0.05) is 0 Å². The molecule has 2 N–H and O–H groups in total. The van der Waals surface area contributed by atoms with Crippen molar-refractivity contribution in [2.45, 2.75) is 13.3 Å². The molecule has 0 radical (unpaired) electrons. The lowest BCUT2D eigenvalue weighted by Gasteiger charge is -2.05. The van der Waals surface area contributed by atoms with E-state index in [-0.39, 0.29) is 5.91 Å². The van der Waals surface area contributed by atoms with Crippen molar-refractivity contribution >= 4 is 5.91 Å². The molecule has 0 saturated heterocycles. The largest absolute Gasteiger partial charge is 0.352 e. The van der Waals surface area contributed by atoms with Gasteiger partial charge in [-0.3, -0.25) is 14.9 Å². The summed E-state index contributed by atoms with van der Waals surface area (Å²) in [5.74, 6) is 0.642. The maximum atomic E-state index is 11.8. The summed E-state index contributed by atoms with van der Waals surface area (Å²) in [6, 6.07) is 3.50. The first-order chi connectivity index (χ1) is 8.27. The number of nitrogens with one attached hydrogen (secondary N) is 2. The zero-order valence-electron chi connectivity index (χ0n) is 9.47. The van der Waals surface area contributed by atoms with Crippen molar-refractivity contribution in [3.8, 4) is 0 Å². The molecule has 0 aliphatic rings. The molecule has 6 nitrogen and oxygen atoms in total. The van der Waals surface area contributed by atoms with Gasteiger partial charge in [0.1, 0.15) is 12.2 Å². The van der Waals surface area contributed by atoms with Crippen molar-refractivity contribution in [3.05, 3.63) is 41.7 Å². The first kappa shape index (κ1) is 11.3. The van der Waals surface area contributed by atoms with Gasteiger partial charge in [-0.05, 0) is 19.1 Å². The molecule has 0 aliphatic carbocycles. The Morgan fingerprint density at radius 2 is 2.35 bits per heavy atom. The van der Waals surface area contributed by atoms with Crippen molar-refractivity contribution in [3.63, 3.8) is 0 Å². The van der Waals surface area contributed by atoms with Crippen molar-refractivity contribution in [1.29, 1.82) is 0 Å². The van der Waals surface area contributed by atoms with Crippen LogP contribution < -0.4 is 5.32 Å². The van der Waals surface area contributed by atoms with Gasteiger partial charge in [-0.25, -0.2) is 4.98 Å². The first-order valence-corrected chi connectivity index (χ1v) is 5.31. The SMILES string of the molecule is Cc1ncccc1C(=O)NCCc1ncn[nH]1. The molecule has 0 aromatic carbocycles. The van der Waals surface area contributed by atoms with Gasteiger partial charge < -0.3 is 5.32 Å². The van der Waals surface area contributed by atoms with Gasteiger partial charge in [0.25, 0.3) is 5.91 Å². The summed E-state index contributed by atoms with van der Waals surface area (Å²) in [4.78, 5) is 19.8. The zero-order chi connectivity index (χ0) is 12.1. The highest BCUT2D eigenvalue weighted by atomic mass is 16.1. The molecular weight excluding hydrogens is 218 g/mol. The van der Waals surface area contributed by atoms with Gasteiger partial charge in [0, 0.05) is 24.9 Å². The van der Waals surface area contributed by atoms with Gasteiger partial charge in [0.15, 0.2) is 0 Å². The monoisotopic (exact) mass is 231 g/mol. The molecule has 6 heteroatoms. The predicted molar refractivity (Wildman–Crippen MR) is 61.4 cm³/mol. The Hall–Kier alpha value is -2.24. The average Bonchev–Trinajstić information content (AvgIpc) is 2.82. The predicted octanol–water partition coefficient (Wildman–Crippen LogP) is 0.481. The number of amides is 1. The van der Waals surface area contributed by atoms with E-state index in [4.69, 9.17) is 0 Å². The molecule has 0 atom stereocenters. The highest BCUT2D eigenvalue weighted by molar-refractivity contribution is 5.95. The number of carbonyl (C=O) groups excluding carboxylic acids is 1. The molecule has 0 spiro atoms. The van der Waals surface area contributed by atoms with Crippen LogP contribution in [0.4, 0.5) is 0 Å². The Labute approximate surface area is 98.5 Å². The van der Waals surface area contributed by atoms with Crippen LogP contribution in [0.2, 0.25) is 0 Å². The molecule has 2 rings (SSSR count). The van der Waals surface area contributed by atoms with Gasteiger partial charge >= 0.3 is 0 Å². The average molecular weight is 231 g/mol. The molecule has 0 fully saturated rings. The Morgan fingerprint density at radius 1 is 1.47 bits per heavy atom. The van der Waals surface area contributed by atoms with Gasteiger partial charge in [-0.15, -0.1) is 0 Å². The van der Waals surface area contributed by atoms with Crippen LogP contribution in [-0.2, 0) is 6.42 Å². The number of aryl methyl sites for hydroxylation is 1. The fourth-order valence-electron chi connectivity index (χ4n) is 1.47. The van der Waals surface area contributed by atoms with Crippen LogP contribution >= 0.6 is 0 Å². The van der Waals surface area contributed by atoms with Crippen LogP contribution in [0.15, 0.2) is 24.7 Å². The molecule has 2 aromatic heterocycles. The molecule has 0 aliphatic heterocycles.